The number of halogens is 3. The second-order valence-corrected chi connectivity index (χ2v) is 7.03. The molecular formula is C18H26F3NO2. The molecule has 3 nitrogen and oxygen atoms in total. The number of rotatable bonds is 8. The van der Waals surface area contributed by atoms with Crippen molar-refractivity contribution in [1.82, 2.24) is 0 Å². The molecule has 1 aromatic rings. The molecule has 0 heterocycles. The van der Waals surface area contributed by atoms with E-state index in [9.17, 15) is 18.0 Å². The summed E-state index contributed by atoms with van der Waals surface area (Å²) in [6.45, 7) is 7.96. The third-order valence-corrected chi connectivity index (χ3v) is 4.20. The van der Waals surface area contributed by atoms with E-state index >= 15 is 0 Å². The van der Waals surface area contributed by atoms with Crippen molar-refractivity contribution in [2.45, 2.75) is 58.9 Å². The molecule has 0 spiro atoms. The zero-order valence-electron chi connectivity index (χ0n) is 14.7. The molecular weight excluding hydrogens is 319 g/mol. The highest BCUT2D eigenvalue weighted by molar-refractivity contribution is 5.86. The lowest BCUT2D eigenvalue weighted by atomic mass is 9.91. The molecule has 0 saturated carbocycles. The van der Waals surface area contributed by atoms with Crippen LogP contribution in [0.2, 0.25) is 0 Å². The van der Waals surface area contributed by atoms with Crippen molar-refractivity contribution in [2.24, 2.45) is 11.1 Å². The van der Waals surface area contributed by atoms with Crippen molar-refractivity contribution < 1.29 is 22.7 Å². The van der Waals surface area contributed by atoms with Gasteiger partial charge in [-0.25, -0.2) is 0 Å². The zero-order valence-corrected chi connectivity index (χ0v) is 14.7. The van der Waals surface area contributed by atoms with E-state index in [1.807, 2.05) is 20.8 Å². The van der Waals surface area contributed by atoms with Crippen molar-refractivity contribution in [1.29, 1.82) is 0 Å². The third-order valence-electron chi connectivity index (χ3n) is 4.20. The molecule has 24 heavy (non-hydrogen) atoms. The number of carbonyl (C=O) groups excluding carboxylic acids is 1. The molecule has 1 atom stereocenters. The Morgan fingerprint density at radius 3 is 2.12 bits per heavy atom. The topological polar surface area (TPSA) is 52.3 Å². The molecule has 0 amide bonds. The van der Waals surface area contributed by atoms with Crippen molar-refractivity contribution in [3.63, 3.8) is 0 Å². The van der Waals surface area contributed by atoms with Gasteiger partial charge < -0.3 is 4.74 Å². The molecule has 0 aliphatic rings. The van der Waals surface area contributed by atoms with Gasteiger partial charge in [-0.15, -0.1) is 0 Å². The Morgan fingerprint density at radius 2 is 1.67 bits per heavy atom. The second-order valence-electron chi connectivity index (χ2n) is 7.03. The first-order valence-corrected chi connectivity index (χ1v) is 8.00. The molecule has 0 fully saturated rings. The third kappa shape index (κ3) is 6.24. The van der Waals surface area contributed by atoms with Crippen molar-refractivity contribution in [3.05, 3.63) is 35.4 Å². The molecule has 2 N–H and O–H groups in total. The maximum atomic E-state index is 12.5. The Hall–Kier alpha value is -1.40. The van der Waals surface area contributed by atoms with E-state index in [0.29, 0.717) is 18.6 Å². The molecule has 1 unspecified atom stereocenters. The van der Waals surface area contributed by atoms with Crippen LogP contribution >= 0.6 is 0 Å². The molecule has 6 heteroatoms. The average molecular weight is 345 g/mol. The van der Waals surface area contributed by atoms with Crippen LogP contribution in [0.3, 0.4) is 0 Å². The van der Waals surface area contributed by atoms with Crippen LogP contribution in [0, 0.1) is 5.41 Å². The number of alkyl halides is 3. The van der Waals surface area contributed by atoms with Crippen LogP contribution in [0.5, 0.6) is 0 Å². The zero-order chi connectivity index (χ0) is 18.6. The van der Waals surface area contributed by atoms with Crippen LogP contribution in [0.1, 0.15) is 51.7 Å². The van der Waals surface area contributed by atoms with E-state index in [2.05, 4.69) is 0 Å². The minimum absolute atomic E-state index is 0.0751. The Bertz CT molecular complexity index is 548. The largest absolute Gasteiger partial charge is 0.416 e. The molecule has 0 saturated heterocycles. The minimum atomic E-state index is -4.36. The summed E-state index contributed by atoms with van der Waals surface area (Å²) < 4.78 is 43.1. The van der Waals surface area contributed by atoms with Gasteiger partial charge in [0.15, 0.2) is 11.5 Å². The summed E-state index contributed by atoms with van der Waals surface area (Å²) in [6, 6.07) is 4.79. The Morgan fingerprint density at radius 1 is 1.12 bits per heavy atom. The fourth-order valence-electron chi connectivity index (χ4n) is 1.89. The van der Waals surface area contributed by atoms with E-state index in [0.717, 1.165) is 18.6 Å². The number of Topliss-reactive ketones (excluding diaryl/α,β-unsaturated/α-hetero) is 1. The predicted octanol–water partition coefficient (Wildman–Crippen LogP) is 4.33. The van der Waals surface area contributed by atoms with Gasteiger partial charge in [0.25, 0.3) is 0 Å². The van der Waals surface area contributed by atoms with E-state index < -0.39 is 17.5 Å². The molecule has 1 rings (SSSR count). The van der Waals surface area contributed by atoms with Gasteiger partial charge in [-0.3, -0.25) is 10.5 Å². The molecule has 0 aliphatic carbocycles. The van der Waals surface area contributed by atoms with E-state index in [-0.39, 0.29) is 17.6 Å². The molecule has 0 bridgehead atoms. The van der Waals surface area contributed by atoms with Crippen LogP contribution in [0.4, 0.5) is 13.2 Å². The summed E-state index contributed by atoms with van der Waals surface area (Å²) in [5, 5.41) is 0. The molecule has 136 valence electrons. The maximum absolute atomic E-state index is 12.5. The number of hydrogen-bond donors (Lipinski definition) is 1. The van der Waals surface area contributed by atoms with Crippen LogP contribution in [0.25, 0.3) is 0 Å². The monoisotopic (exact) mass is 345 g/mol. The van der Waals surface area contributed by atoms with Gasteiger partial charge >= 0.3 is 6.18 Å². The van der Waals surface area contributed by atoms with Gasteiger partial charge in [0.05, 0.1) is 12.2 Å². The van der Waals surface area contributed by atoms with Crippen LogP contribution in [0.15, 0.2) is 24.3 Å². The van der Waals surface area contributed by atoms with E-state index in [1.54, 1.807) is 0 Å². The summed E-state index contributed by atoms with van der Waals surface area (Å²) in [5.74, 6) is -0.269. The number of ether oxygens (including phenoxy) is 1. The summed E-state index contributed by atoms with van der Waals surface area (Å²) in [6.07, 6.45) is -3.03. The lowest BCUT2D eigenvalue weighted by Crippen LogP contribution is -2.49. The quantitative estimate of drug-likeness (QED) is 0.713. The highest BCUT2D eigenvalue weighted by Gasteiger charge is 2.32. The maximum Gasteiger partial charge on any atom is 0.416 e. The van der Waals surface area contributed by atoms with Gasteiger partial charge in [-0.1, -0.05) is 32.9 Å². The number of hydrogen-bond acceptors (Lipinski definition) is 3. The van der Waals surface area contributed by atoms with Crippen LogP contribution in [-0.4, -0.2) is 18.1 Å². The molecule has 0 aliphatic heterocycles. The van der Waals surface area contributed by atoms with Crippen LogP contribution in [-0.2, 0) is 22.1 Å². The first kappa shape index (κ1) is 20.6. The number of benzene rings is 1. The Balaban J connectivity index is 2.58. The average Bonchev–Trinajstić information content (AvgIpc) is 2.50. The number of aryl methyl sites for hydroxylation is 1. The van der Waals surface area contributed by atoms with Gasteiger partial charge in [0.2, 0.25) is 0 Å². The second kappa shape index (κ2) is 7.66. The highest BCUT2D eigenvalue weighted by Crippen LogP contribution is 2.29. The smallest absolute Gasteiger partial charge is 0.353 e. The first-order chi connectivity index (χ1) is 10.9. The fraction of sp³-hybridized carbons (Fsp3) is 0.611. The first-order valence-electron chi connectivity index (χ1n) is 8.00. The SMILES string of the molecule is CCC(C)(C)COC(C)(N)C(=O)CCc1ccc(C(F)(F)F)cc1. The summed E-state index contributed by atoms with van der Waals surface area (Å²) >= 11 is 0. The van der Waals surface area contributed by atoms with E-state index in [1.165, 1.54) is 19.1 Å². The van der Waals surface area contributed by atoms with E-state index in [4.69, 9.17) is 10.5 Å². The standard InChI is InChI=1S/C18H26F3NO2/c1-5-16(2,3)12-24-17(4,22)15(23)11-8-13-6-9-14(10-7-13)18(19,20)21/h6-7,9-10H,5,8,11-12,22H2,1-4H3. The number of carbonyl (C=O) groups is 1. The van der Waals surface area contributed by atoms with Crippen molar-refractivity contribution in [3.8, 4) is 0 Å². The fourth-order valence-corrected chi connectivity index (χ4v) is 1.89. The van der Waals surface area contributed by atoms with Gasteiger partial charge in [0.1, 0.15) is 0 Å². The normalized spacial score (nSPS) is 15.2. The summed E-state index contributed by atoms with van der Waals surface area (Å²) in [7, 11) is 0. The summed E-state index contributed by atoms with van der Waals surface area (Å²) in [4.78, 5) is 12.2. The Kier molecular flexibility index (Phi) is 6.59. The minimum Gasteiger partial charge on any atom is -0.353 e. The predicted molar refractivity (Wildman–Crippen MR) is 87.4 cm³/mol. The van der Waals surface area contributed by atoms with Gasteiger partial charge in [0, 0.05) is 6.42 Å². The lowest BCUT2D eigenvalue weighted by Gasteiger charge is -2.30. The summed E-state index contributed by atoms with van der Waals surface area (Å²) in [5.41, 5.74) is 4.43. The molecule has 0 radical (unpaired) electrons. The highest BCUT2D eigenvalue weighted by atomic mass is 19.4. The Labute approximate surface area is 141 Å². The van der Waals surface area contributed by atoms with Crippen LogP contribution < -0.4 is 5.73 Å². The van der Waals surface area contributed by atoms with Gasteiger partial charge in [-0.2, -0.15) is 13.2 Å². The number of ketones is 1. The number of nitrogens with two attached hydrogens (primary N) is 1. The molecule has 0 aromatic heterocycles. The molecule has 1 aromatic carbocycles. The van der Waals surface area contributed by atoms with Crippen molar-refractivity contribution in [2.75, 3.05) is 6.61 Å². The van der Waals surface area contributed by atoms with Crippen molar-refractivity contribution >= 4 is 5.78 Å². The lowest BCUT2D eigenvalue weighted by molar-refractivity contribution is -0.146. The van der Waals surface area contributed by atoms with Gasteiger partial charge in [-0.05, 0) is 42.9 Å².